The molecule has 0 saturated heterocycles. The highest BCUT2D eigenvalue weighted by Gasteiger charge is 2.30. The predicted octanol–water partition coefficient (Wildman–Crippen LogP) is 2.92. The molecule has 0 aliphatic carbocycles. The maximum absolute atomic E-state index is 12.9. The van der Waals surface area contributed by atoms with Gasteiger partial charge in [0.1, 0.15) is 5.82 Å². The van der Waals surface area contributed by atoms with E-state index in [2.05, 4.69) is 5.32 Å². The van der Waals surface area contributed by atoms with E-state index in [4.69, 9.17) is 5.73 Å². The molecule has 0 bridgehead atoms. The number of hydrogen-bond acceptors (Lipinski definition) is 2. The van der Waals surface area contributed by atoms with Gasteiger partial charge >= 0.3 is 6.18 Å². The summed E-state index contributed by atoms with van der Waals surface area (Å²) in [5.41, 5.74) is 5.15. The van der Waals surface area contributed by atoms with Crippen LogP contribution in [-0.4, -0.2) is 18.4 Å². The Bertz CT molecular complexity index is 771. The predicted molar refractivity (Wildman–Crippen MR) is 86.6 cm³/mol. The molecule has 138 valence electrons. The minimum absolute atomic E-state index is 0.0306. The number of carbonyl (C=O) groups is 2. The first-order valence-electron chi connectivity index (χ1n) is 7.66. The van der Waals surface area contributed by atoms with Crippen molar-refractivity contribution >= 4 is 11.8 Å². The van der Waals surface area contributed by atoms with E-state index in [9.17, 15) is 27.2 Å². The monoisotopic (exact) mass is 368 g/mol. The fourth-order valence-corrected chi connectivity index (χ4v) is 2.31. The second-order valence-corrected chi connectivity index (χ2v) is 5.72. The van der Waals surface area contributed by atoms with Crippen LogP contribution >= 0.6 is 0 Å². The molecule has 0 saturated carbocycles. The van der Waals surface area contributed by atoms with Gasteiger partial charge in [-0.15, -0.1) is 0 Å². The van der Waals surface area contributed by atoms with Gasteiger partial charge in [0.05, 0.1) is 11.5 Å². The summed E-state index contributed by atoms with van der Waals surface area (Å²) < 4.78 is 50.5. The molecule has 2 amide bonds. The van der Waals surface area contributed by atoms with Gasteiger partial charge in [-0.3, -0.25) is 9.59 Å². The lowest BCUT2D eigenvalue weighted by Gasteiger charge is -2.15. The molecule has 8 heteroatoms. The van der Waals surface area contributed by atoms with Crippen LogP contribution in [-0.2, 0) is 17.4 Å². The molecule has 26 heavy (non-hydrogen) atoms. The summed E-state index contributed by atoms with van der Waals surface area (Å²) in [5.74, 6) is -2.43. The number of amides is 2. The van der Waals surface area contributed by atoms with E-state index in [0.29, 0.717) is 5.56 Å². The minimum Gasteiger partial charge on any atom is -0.369 e. The van der Waals surface area contributed by atoms with Gasteiger partial charge in [-0.25, -0.2) is 4.39 Å². The third kappa shape index (κ3) is 5.30. The first-order valence-corrected chi connectivity index (χ1v) is 7.66. The Labute approximate surface area is 147 Å². The fourth-order valence-electron chi connectivity index (χ4n) is 2.31. The molecule has 4 nitrogen and oxygen atoms in total. The Balaban J connectivity index is 1.98. The molecule has 0 radical (unpaired) electrons. The molecule has 0 aliphatic rings. The van der Waals surface area contributed by atoms with Crippen LogP contribution in [0.2, 0.25) is 0 Å². The molecule has 0 heterocycles. The summed E-state index contributed by atoms with van der Waals surface area (Å²) in [6.07, 6.45) is -4.29. The van der Waals surface area contributed by atoms with Crippen molar-refractivity contribution < 1.29 is 27.2 Å². The summed E-state index contributed by atoms with van der Waals surface area (Å²) in [7, 11) is 0. The zero-order chi connectivity index (χ0) is 19.3. The normalized spacial score (nSPS) is 12.5. The van der Waals surface area contributed by atoms with Crippen LogP contribution in [0.15, 0.2) is 48.5 Å². The highest BCUT2D eigenvalue weighted by Crippen LogP contribution is 2.29. The van der Waals surface area contributed by atoms with E-state index in [1.807, 2.05) is 0 Å². The van der Waals surface area contributed by atoms with Gasteiger partial charge in [0.2, 0.25) is 5.91 Å². The Morgan fingerprint density at radius 2 is 1.58 bits per heavy atom. The van der Waals surface area contributed by atoms with Crippen molar-refractivity contribution in [2.45, 2.75) is 12.6 Å². The van der Waals surface area contributed by atoms with Gasteiger partial charge in [0.25, 0.3) is 5.91 Å². The van der Waals surface area contributed by atoms with Crippen LogP contribution in [0.5, 0.6) is 0 Å². The molecule has 1 atom stereocenters. The van der Waals surface area contributed by atoms with Gasteiger partial charge in [0, 0.05) is 12.1 Å². The van der Waals surface area contributed by atoms with Crippen LogP contribution in [0.1, 0.15) is 21.5 Å². The van der Waals surface area contributed by atoms with Crippen molar-refractivity contribution in [3.8, 4) is 0 Å². The first kappa shape index (κ1) is 19.4. The van der Waals surface area contributed by atoms with E-state index in [-0.39, 0.29) is 18.5 Å². The number of nitrogens with two attached hydrogens (primary N) is 1. The molecule has 0 fully saturated rings. The highest BCUT2D eigenvalue weighted by molar-refractivity contribution is 5.94. The van der Waals surface area contributed by atoms with Crippen molar-refractivity contribution in [2.75, 3.05) is 6.54 Å². The molecule has 3 N–H and O–H groups in total. The van der Waals surface area contributed by atoms with Crippen molar-refractivity contribution in [1.29, 1.82) is 0 Å². The van der Waals surface area contributed by atoms with Crippen molar-refractivity contribution in [1.82, 2.24) is 5.32 Å². The molecule has 2 aromatic carbocycles. The fraction of sp³-hybridized carbons (Fsp3) is 0.222. The summed E-state index contributed by atoms with van der Waals surface area (Å²) in [5, 5.41) is 2.48. The third-order valence-corrected chi connectivity index (χ3v) is 3.78. The van der Waals surface area contributed by atoms with Gasteiger partial charge in [0.15, 0.2) is 0 Å². The summed E-state index contributed by atoms with van der Waals surface area (Å²) in [6, 6.07) is 9.21. The quantitative estimate of drug-likeness (QED) is 0.770. The van der Waals surface area contributed by atoms with Gasteiger partial charge in [-0.05, 0) is 48.4 Å². The summed E-state index contributed by atoms with van der Waals surface area (Å²) in [4.78, 5) is 23.6. The molecule has 0 aliphatic heterocycles. The third-order valence-electron chi connectivity index (χ3n) is 3.78. The Hall–Kier alpha value is -2.90. The van der Waals surface area contributed by atoms with Crippen LogP contribution < -0.4 is 11.1 Å². The van der Waals surface area contributed by atoms with Gasteiger partial charge in [-0.1, -0.05) is 12.1 Å². The highest BCUT2D eigenvalue weighted by atomic mass is 19.4. The molecule has 2 rings (SSSR count). The van der Waals surface area contributed by atoms with Crippen molar-refractivity contribution in [3.63, 3.8) is 0 Å². The summed E-state index contributed by atoms with van der Waals surface area (Å²) in [6.45, 7) is -0.0907. The number of alkyl halides is 3. The largest absolute Gasteiger partial charge is 0.416 e. The Kier molecular flexibility index (Phi) is 5.97. The second kappa shape index (κ2) is 7.99. The number of halogens is 4. The number of rotatable bonds is 6. The number of carbonyl (C=O) groups excluding carboxylic acids is 2. The molecule has 1 unspecified atom stereocenters. The number of hydrogen-bond donors (Lipinski definition) is 2. The SMILES string of the molecule is NC(=O)C(CNC(=O)c1ccc(C(F)(F)F)cc1)Cc1ccc(F)cc1. The lowest BCUT2D eigenvalue weighted by atomic mass is 9.98. The number of benzene rings is 2. The van der Waals surface area contributed by atoms with E-state index in [0.717, 1.165) is 24.3 Å². The summed E-state index contributed by atoms with van der Waals surface area (Å²) >= 11 is 0. The zero-order valence-electron chi connectivity index (χ0n) is 13.5. The van der Waals surface area contributed by atoms with Crippen LogP contribution in [0.4, 0.5) is 17.6 Å². The molecule has 2 aromatic rings. The zero-order valence-corrected chi connectivity index (χ0v) is 13.5. The maximum atomic E-state index is 12.9. The standard InChI is InChI=1S/C18H16F4N2O2/c19-15-7-1-11(2-8-15)9-13(16(23)25)10-24-17(26)12-3-5-14(6-4-12)18(20,21)22/h1-8,13H,9-10H2,(H2,23,25)(H,24,26). The maximum Gasteiger partial charge on any atom is 0.416 e. The topological polar surface area (TPSA) is 72.2 Å². The Morgan fingerprint density at radius 1 is 1.00 bits per heavy atom. The molecular formula is C18H16F4N2O2. The van der Waals surface area contributed by atoms with E-state index < -0.39 is 35.3 Å². The first-order chi connectivity index (χ1) is 12.2. The number of primary amides is 1. The lowest BCUT2D eigenvalue weighted by molar-refractivity contribution is -0.137. The molecule has 0 spiro atoms. The second-order valence-electron chi connectivity index (χ2n) is 5.72. The van der Waals surface area contributed by atoms with Crippen molar-refractivity contribution in [2.24, 2.45) is 11.7 Å². The smallest absolute Gasteiger partial charge is 0.369 e. The van der Waals surface area contributed by atoms with E-state index in [1.54, 1.807) is 0 Å². The van der Waals surface area contributed by atoms with Gasteiger partial charge < -0.3 is 11.1 Å². The van der Waals surface area contributed by atoms with Crippen molar-refractivity contribution in [3.05, 3.63) is 71.0 Å². The average Bonchev–Trinajstić information content (AvgIpc) is 2.59. The minimum atomic E-state index is -4.48. The van der Waals surface area contributed by atoms with Crippen LogP contribution in [0, 0.1) is 11.7 Å². The van der Waals surface area contributed by atoms with Crippen LogP contribution in [0.3, 0.4) is 0 Å². The number of nitrogens with one attached hydrogen (secondary N) is 1. The van der Waals surface area contributed by atoms with Crippen LogP contribution in [0.25, 0.3) is 0 Å². The Morgan fingerprint density at radius 3 is 2.08 bits per heavy atom. The van der Waals surface area contributed by atoms with E-state index in [1.165, 1.54) is 24.3 Å². The molecule has 0 aromatic heterocycles. The average molecular weight is 368 g/mol. The lowest BCUT2D eigenvalue weighted by Crippen LogP contribution is -2.37. The van der Waals surface area contributed by atoms with Gasteiger partial charge in [-0.2, -0.15) is 13.2 Å². The molecular weight excluding hydrogens is 352 g/mol. The van der Waals surface area contributed by atoms with E-state index >= 15 is 0 Å².